The highest BCUT2D eigenvalue weighted by atomic mass is 35.5. The molecule has 0 spiro atoms. The molecule has 0 radical (unpaired) electrons. The highest BCUT2D eigenvalue weighted by Gasteiger charge is 2.31. The van der Waals surface area contributed by atoms with Gasteiger partial charge in [0.15, 0.2) is 0 Å². The minimum Gasteiger partial charge on any atom is -0.351 e. The molecule has 2 N–H and O–H groups in total. The number of nitrogens with one attached hydrogen (secondary N) is 2. The van der Waals surface area contributed by atoms with Gasteiger partial charge in [0.05, 0.1) is 6.04 Å². The number of benzene rings is 1. The van der Waals surface area contributed by atoms with Crippen LogP contribution in [0.3, 0.4) is 0 Å². The predicted molar refractivity (Wildman–Crippen MR) is 98.4 cm³/mol. The number of rotatable bonds is 4. The number of amides is 1. The number of hydrogen-bond acceptors (Lipinski definition) is 3. The molecule has 0 aliphatic carbocycles. The number of likely N-dealkylation sites (tertiary alicyclic amines) is 1. The van der Waals surface area contributed by atoms with E-state index < -0.39 is 0 Å². The molecular weight excluding hydrogens is 352 g/mol. The molecule has 2 atom stereocenters. The summed E-state index contributed by atoms with van der Waals surface area (Å²) in [6.07, 6.45) is 4.13. The van der Waals surface area contributed by atoms with E-state index in [2.05, 4.69) is 15.5 Å². The maximum atomic E-state index is 13.0. The largest absolute Gasteiger partial charge is 0.351 e. The second-order valence-corrected chi connectivity index (χ2v) is 6.31. The second kappa shape index (κ2) is 10.2. The minimum atomic E-state index is -0.218. The lowest BCUT2D eigenvalue weighted by Crippen LogP contribution is -2.51. The predicted octanol–water partition coefficient (Wildman–Crippen LogP) is 2.50. The Balaban J connectivity index is 0.00000144. The van der Waals surface area contributed by atoms with Crippen LogP contribution in [0.25, 0.3) is 0 Å². The summed E-state index contributed by atoms with van der Waals surface area (Å²) in [4.78, 5) is 14.7. The van der Waals surface area contributed by atoms with Crippen LogP contribution in [-0.4, -0.2) is 42.5 Å². The molecular formula is C17H26Cl2FN3O. The molecule has 2 saturated heterocycles. The van der Waals surface area contributed by atoms with Crippen molar-refractivity contribution in [2.75, 3.05) is 19.6 Å². The average Bonchev–Trinajstić information content (AvgIpc) is 2.99. The Kier molecular flexibility index (Phi) is 8.98. The maximum absolute atomic E-state index is 13.0. The van der Waals surface area contributed by atoms with Gasteiger partial charge in [-0.3, -0.25) is 9.69 Å². The van der Waals surface area contributed by atoms with E-state index >= 15 is 0 Å². The van der Waals surface area contributed by atoms with Crippen molar-refractivity contribution in [3.05, 3.63) is 35.6 Å². The van der Waals surface area contributed by atoms with Gasteiger partial charge in [-0.1, -0.05) is 12.1 Å². The van der Waals surface area contributed by atoms with Crippen LogP contribution in [0.4, 0.5) is 4.39 Å². The molecule has 7 heteroatoms. The minimum absolute atomic E-state index is 0. The first kappa shape index (κ1) is 21.2. The quantitative estimate of drug-likeness (QED) is 0.846. The number of carbonyl (C=O) groups excluding carboxylic acids is 1. The Morgan fingerprint density at radius 1 is 1.21 bits per heavy atom. The van der Waals surface area contributed by atoms with E-state index in [4.69, 9.17) is 0 Å². The van der Waals surface area contributed by atoms with Gasteiger partial charge in [0, 0.05) is 19.1 Å². The topological polar surface area (TPSA) is 44.4 Å². The smallest absolute Gasteiger partial charge is 0.237 e. The Morgan fingerprint density at radius 3 is 2.62 bits per heavy atom. The highest BCUT2D eigenvalue weighted by Crippen LogP contribution is 2.21. The molecule has 2 aliphatic heterocycles. The van der Waals surface area contributed by atoms with Crippen LogP contribution in [0, 0.1) is 5.82 Å². The molecule has 2 aliphatic rings. The van der Waals surface area contributed by atoms with Crippen LogP contribution < -0.4 is 10.6 Å². The van der Waals surface area contributed by atoms with E-state index in [1.807, 2.05) is 0 Å². The molecule has 3 rings (SSSR count). The standard InChI is InChI=1S/C17H24FN3O.2ClH/c18-14-7-5-13(6-8-14)12-21-10-2-4-16(21)17(22)20-15-3-1-9-19-11-15;;/h5-8,15-16,19H,1-4,9-12H2,(H,20,22);2*1H. The molecule has 0 saturated carbocycles. The van der Waals surface area contributed by atoms with E-state index in [0.29, 0.717) is 6.54 Å². The second-order valence-electron chi connectivity index (χ2n) is 6.31. The normalized spacial score (nSPS) is 23.9. The summed E-state index contributed by atoms with van der Waals surface area (Å²) in [7, 11) is 0. The average molecular weight is 378 g/mol. The summed E-state index contributed by atoms with van der Waals surface area (Å²) in [6, 6.07) is 6.77. The van der Waals surface area contributed by atoms with Crippen LogP contribution >= 0.6 is 24.8 Å². The van der Waals surface area contributed by atoms with Gasteiger partial charge in [-0.25, -0.2) is 4.39 Å². The number of carbonyl (C=O) groups is 1. The summed E-state index contributed by atoms with van der Waals surface area (Å²) in [5, 5.41) is 6.51. The fraction of sp³-hybridized carbons (Fsp3) is 0.588. The van der Waals surface area contributed by atoms with Crippen LogP contribution in [0.5, 0.6) is 0 Å². The fourth-order valence-electron chi connectivity index (χ4n) is 3.41. The van der Waals surface area contributed by atoms with E-state index in [0.717, 1.165) is 50.9 Å². The third kappa shape index (κ3) is 5.59. The Labute approximate surface area is 155 Å². The summed E-state index contributed by atoms with van der Waals surface area (Å²) < 4.78 is 13.0. The Bertz CT molecular complexity index is 509. The van der Waals surface area contributed by atoms with Crippen molar-refractivity contribution < 1.29 is 9.18 Å². The van der Waals surface area contributed by atoms with Gasteiger partial charge in [-0.2, -0.15) is 0 Å². The summed E-state index contributed by atoms with van der Waals surface area (Å²) >= 11 is 0. The van der Waals surface area contributed by atoms with Crippen molar-refractivity contribution in [1.29, 1.82) is 0 Å². The number of hydrogen-bond donors (Lipinski definition) is 2. The molecule has 0 bridgehead atoms. The van der Waals surface area contributed by atoms with Crippen molar-refractivity contribution >= 4 is 30.7 Å². The summed E-state index contributed by atoms with van der Waals surface area (Å²) in [6.45, 7) is 3.56. The molecule has 4 nitrogen and oxygen atoms in total. The molecule has 1 amide bonds. The van der Waals surface area contributed by atoms with Crippen LogP contribution in [-0.2, 0) is 11.3 Å². The van der Waals surface area contributed by atoms with Crippen molar-refractivity contribution in [2.45, 2.75) is 44.3 Å². The maximum Gasteiger partial charge on any atom is 0.237 e. The van der Waals surface area contributed by atoms with Gasteiger partial charge in [0.1, 0.15) is 5.82 Å². The van der Waals surface area contributed by atoms with Gasteiger partial charge in [0.2, 0.25) is 5.91 Å². The highest BCUT2D eigenvalue weighted by molar-refractivity contribution is 5.85. The molecule has 1 aromatic rings. The van der Waals surface area contributed by atoms with Crippen LogP contribution in [0.1, 0.15) is 31.2 Å². The lowest BCUT2D eigenvalue weighted by atomic mass is 10.1. The number of halogens is 3. The molecule has 0 aromatic heterocycles. The molecule has 136 valence electrons. The van der Waals surface area contributed by atoms with Crippen molar-refractivity contribution in [2.24, 2.45) is 0 Å². The van der Waals surface area contributed by atoms with Gasteiger partial charge in [0.25, 0.3) is 0 Å². The van der Waals surface area contributed by atoms with Crippen molar-refractivity contribution in [3.8, 4) is 0 Å². The SMILES string of the molecule is Cl.Cl.O=C(NC1CCCNC1)C1CCCN1Cc1ccc(F)cc1. The van der Waals surface area contributed by atoms with Gasteiger partial charge >= 0.3 is 0 Å². The van der Waals surface area contributed by atoms with E-state index in [9.17, 15) is 9.18 Å². The Morgan fingerprint density at radius 2 is 1.96 bits per heavy atom. The molecule has 2 heterocycles. The summed E-state index contributed by atoms with van der Waals surface area (Å²) in [5.41, 5.74) is 1.06. The molecule has 1 aromatic carbocycles. The first-order chi connectivity index (χ1) is 10.7. The zero-order valence-corrected chi connectivity index (χ0v) is 15.3. The molecule has 2 fully saturated rings. The lowest BCUT2D eigenvalue weighted by Gasteiger charge is -2.28. The monoisotopic (exact) mass is 377 g/mol. The first-order valence-electron chi connectivity index (χ1n) is 8.22. The zero-order chi connectivity index (χ0) is 15.4. The Hall–Kier alpha value is -0.880. The van der Waals surface area contributed by atoms with E-state index in [1.54, 1.807) is 12.1 Å². The van der Waals surface area contributed by atoms with Crippen molar-refractivity contribution in [3.63, 3.8) is 0 Å². The van der Waals surface area contributed by atoms with Gasteiger partial charge in [-0.05, 0) is 56.5 Å². The third-order valence-corrected chi connectivity index (χ3v) is 4.61. The van der Waals surface area contributed by atoms with E-state index in [1.165, 1.54) is 12.1 Å². The molecule has 24 heavy (non-hydrogen) atoms. The third-order valence-electron chi connectivity index (χ3n) is 4.61. The zero-order valence-electron chi connectivity index (χ0n) is 13.7. The van der Waals surface area contributed by atoms with Crippen LogP contribution in [0.2, 0.25) is 0 Å². The summed E-state index contributed by atoms with van der Waals surface area (Å²) in [5.74, 6) is -0.0717. The van der Waals surface area contributed by atoms with E-state index in [-0.39, 0.29) is 48.6 Å². The van der Waals surface area contributed by atoms with Crippen LogP contribution in [0.15, 0.2) is 24.3 Å². The number of nitrogens with zero attached hydrogens (tertiary/aromatic N) is 1. The van der Waals surface area contributed by atoms with Crippen molar-refractivity contribution in [1.82, 2.24) is 15.5 Å². The number of piperidine rings is 1. The van der Waals surface area contributed by atoms with Gasteiger partial charge in [-0.15, -0.1) is 24.8 Å². The molecule has 2 unspecified atom stereocenters. The lowest BCUT2D eigenvalue weighted by molar-refractivity contribution is -0.126. The van der Waals surface area contributed by atoms with Gasteiger partial charge < -0.3 is 10.6 Å². The first-order valence-corrected chi connectivity index (χ1v) is 8.22. The fourth-order valence-corrected chi connectivity index (χ4v) is 3.41.